The number of hydrogen-bond donors (Lipinski definition) is 0. The van der Waals surface area contributed by atoms with Crippen LogP contribution in [0, 0.1) is 6.92 Å². The summed E-state index contributed by atoms with van der Waals surface area (Å²) in [5.41, 5.74) is 2.13. The standard InChI is InChI=1S/C25H34ClN3O3S/c1-4-12-27-17-22(16-20-7-9-21(26)10-8-20)28-13-5-14-29(25(28)18-27)33(30,31)24-15-19(2)6-11-23(24)32-3/h6-11,15,22,25H,4-5,12-14,16-18H2,1-3H3. The monoisotopic (exact) mass is 491 g/mol. The summed E-state index contributed by atoms with van der Waals surface area (Å²) < 4.78 is 35.0. The highest BCUT2D eigenvalue weighted by molar-refractivity contribution is 7.89. The van der Waals surface area contributed by atoms with Crippen molar-refractivity contribution in [2.45, 2.75) is 50.2 Å². The van der Waals surface area contributed by atoms with E-state index in [4.69, 9.17) is 16.3 Å². The summed E-state index contributed by atoms with van der Waals surface area (Å²) in [4.78, 5) is 5.08. The number of sulfonamides is 1. The molecule has 4 rings (SSSR count). The minimum atomic E-state index is -3.72. The molecule has 2 saturated heterocycles. The maximum absolute atomic E-state index is 13.9. The van der Waals surface area contributed by atoms with Crippen molar-refractivity contribution in [3.63, 3.8) is 0 Å². The number of hydrogen-bond acceptors (Lipinski definition) is 5. The Kier molecular flexibility index (Phi) is 7.66. The lowest BCUT2D eigenvalue weighted by Crippen LogP contribution is -2.68. The van der Waals surface area contributed by atoms with Crippen LogP contribution in [0.4, 0.5) is 0 Å². The molecule has 2 atom stereocenters. The molecule has 2 unspecified atom stereocenters. The van der Waals surface area contributed by atoms with Gasteiger partial charge in [-0.1, -0.05) is 36.7 Å². The van der Waals surface area contributed by atoms with Gasteiger partial charge in [0.25, 0.3) is 0 Å². The largest absolute Gasteiger partial charge is 0.495 e. The fraction of sp³-hybridized carbons (Fsp3) is 0.520. The number of nitrogens with zero attached hydrogens (tertiary/aromatic N) is 3. The van der Waals surface area contributed by atoms with Crippen LogP contribution in [0.1, 0.15) is 30.9 Å². The number of halogens is 1. The molecule has 2 heterocycles. The van der Waals surface area contributed by atoms with Gasteiger partial charge in [-0.05, 0) is 68.1 Å². The summed E-state index contributed by atoms with van der Waals surface area (Å²) in [5.74, 6) is 0.400. The highest BCUT2D eigenvalue weighted by atomic mass is 35.5. The van der Waals surface area contributed by atoms with E-state index in [-0.39, 0.29) is 17.1 Å². The second-order valence-corrected chi connectivity index (χ2v) is 11.4. The van der Waals surface area contributed by atoms with Gasteiger partial charge in [0.05, 0.1) is 13.3 Å². The van der Waals surface area contributed by atoms with E-state index in [0.29, 0.717) is 12.3 Å². The Morgan fingerprint density at radius 1 is 1.09 bits per heavy atom. The van der Waals surface area contributed by atoms with Crippen LogP contribution in [0.2, 0.25) is 5.02 Å². The van der Waals surface area contributed by atoms with E-state index in [2.05, 4.69) is 28.9 Å². The second kappa shape index (κ2) is 10.3. The van der Waals surface area contributed by atoms with E-state index >= 15 is 0 Å². The third-order valence-electron chi connectivity index (χ3n) is 6.70. The van der Waals surface area contributed by atoms with Crippen molar-refractivity contribution in [1.29, 1.82) is 0 Å². The zero-order valence-corrected chi connectivity index (χ0v) is 21.3. The topological polar surface area (TPSA) is 53.1 Å². The predicted molar refractivity (Wildman–Crippen MR) is 132 cm³/mol. The Bertz CT molecular complexity index is 1060. The molecule has 0 saturated carbocycles. The van der Waals surface area contributed by atoms with Crippen molar-refractivity contribution in [2.24, 2.45) is 0 Å². The molecule has 180 valence electrons. The number of aryl methyl sites for hydroxylation is 1. The van der Waals surface area contributed by atoms with Crippen LogP contribution in [-0.2, 0) is 16.4 Å². The third-order valence-corrected chi connectivity index (χ3v) is 8.87. The van der Waals surface area contributed by atoms with Crippen LogP contribution in [0.3, 0.4) is 0 Å². The zero-order valence-electron chi connectivity index (χ0n) is 19.7. The third kappa shape index (κ3) is 5.23. The summed E-state index contributed by atoms with van der Waals surface area (Å²) in [5, 5.41) is 0.732. The SMILES string of the molecule is CCCN1CC(Cc2ccc(Cl)cc2)N2CCCN(S(=O)(=O)c3cc(C)ccc3OC)C2C1. The van der Waals surface area contributed by atoms with Gasteiger partial charge in [0.15, 0.2) is 0 Å². The van der Waals surface area contributed by atoms with Crippen LogP contribution in [-0.4, -0.2) is 74.6 Å². The number of ether oxygens (including phenoxy) is 1. The number of rotatable bonds is 7. The minimum absolute atomic E-state index is 0.188. The average Bonchev–Trinajstić information content (AvgIpc) is 2.80. The maximum atomic E-state index is 13.9. The molecule has 33 heavy (non-hydrogen) atoms. The lowest BCUT2D eigenvalue weighted by atomic mass is 9.99. The highest BCUT2D eigenvalue weighted by Crippen LogP contribution is 2.34. The molecule has 6 nitrogen and oxygen atoms in total. The molecular weight excluding hydrogens is 458 g/mol. The average molecular weight is 492 g/mol. The van der Waals surface area contributed by atoms with Crippen LogP contribution in [0.15, 0.2) is 47.4 Å². The van der Waals surface area contributed by atoms with Gasteiger partial charge in [-0.2, -0.15) is 4.31 Å². The van der Waals surface area contributed by atoms with Crippen molar-refractivity contribution in [3.05, 3.63) is 58.6 Å². The first-order valence-electron chi connectivity index (χ1n) is 11.7. The number of piperazine rings is 1. The molecule has 2 aromatic rings. The predicted octanol–water partition coefficient (Wildman–Crippen LogP) is 4.02. The summed E-state index contributed by atoms with van der Waals surface area (Å²) in [6, 6.07) is 13.6. The molecule has 0 aromatic heterocycles. The smallest absolute Gasteiger partial charge is 0.248 e. The van der Waals surface area contributed by atoms with Crippen LogP contribution in [0.5, 0.6) is 5.75 Å². The Labute approximate surface area is 203 Å². The quantitative estimate of drug-likeness (QED) is 0.585. The minimum Gasteiger partial charge on any atom is -0.495 e. The Hall–Kier alpha value is -1.64. The van der Waals surface area contributed by atoms with Crippen LogP contribution < -0.4 is 4.74 Å². The summed E-state index contributed by atoms with van der Waals surface area (Å²) in [7, 11) is -2.19. The molecule has 0 radical (unpaired) electrons. The first-order valence-corrected chi connectivity index (χ1v) is 13.5. The van der Waals surface area contributed by atoms with Crippen molar-refractivity contribution in [1.82, 2.24) is 14.1 Å². The van der Waals surface area contributed by atoms with E-state index in [1.54, 1.807) is 16.4 Å². The van der Waals surface area contributed by atoms with Gasteiger partial charge in [0, 0.05) is 37.2 Å². The van der Waals surface area contributed by atoms with Gasteiger partial charge in [-0.3, -0.25) is 9.80 Å². The van der Waals surface area contributed by atoms with Crippen molar-refractivity contribution in [3.8, 4) is 5.75 Å². The van der Waals surface area contributed by atoms with Gasteiger partial charge in [-0.25, -0.2) is 8.42 Å². The Morgan fingerprint density at radius 2 is 1.85 bits per heavy atom. The molecule has 0 spiro atoms. The van der Waals surface area contributed by atoms with Gasteiger partial charge in [0.2, 0.25) is 10.0 Å². The van der Waals surface area contributed by atoms with Crippen molar-refractivity contribution in [2.75, 3.05) is 39.8 Å². The van der Waals surface area contributed by atoms with Crippen LogP contribution in [0.25, 0.3) is 0 Å². The summed E-state index contributed by atoms with van der Waals surface area (Å²) >= 11 is 6.09. The number of benzene rings is 2. The van der Waals surface area contributed by atoms with Gasteiger partial charge >= 0.3 is 0 Å². The lowest BCUT2D eigenvalue weighted by Gasteiger charge is -2.52. The van der Waals surface area contributed by atoms with Crippen LogP contribution >= 0.6 is 11.6 Å². The van der Waals surface area contributed by atoms with Gasteiger partial charge < -0.3 is 4.74 Å². The first kappa shape index (κ1) is 24.5. The van der Waals surface area contributed by atoms with E-state index in [1.165, 1.54) is 12.7 Å². The molecule has 2 aromatic carbocycles. The van der Waals surface area contributed by atoms with Crippen molar-refractivity contribution < 1.29 is 13.2 Å². The molecule has 0 amide bonds. The van der Waals surface area contributed by atoms with E-state index in [1.807, 2.05) is 25.1 Å². The fourth-order valence-electron chi connectivity index (χ4n) is 5.17. The Morgan fingerprint density at radius 3 is 2.55 bits per heavy atom. The fourth-order valence-corrected chi connectivity index (χ4v) is 7.16. The lowest BCUT2D eigenvalue weighted by molar-refractivity contribution is -0.0476. The van der Waals surface area contributed by atoms with Crippen molar-refractivity contribution >= 4 is 21.6 Å². The molecule has 2 aliphatic heterocycles. The summed E-state index contributed by atoms with van der Waals surface area (Å²) in [6.07, 6.45) is 2.54. The first-order chi connectivity index (χ1) is 15.8. The molecule has 2 aliphatic rings. The van der Waals surface area contributed by atoms with E-state index < -0.39 is 10.0 Å². The van der Waals surface area contributed by atoms with E-state index in [0.717, 1.165) is 56.0 Å². The molecule has 8 heteroatoms. The number of fused-ring (bicyclic) bond motifs is 1. The molecule has 0 N–H and O–H groups in total. The maximum Gasteiger partial charge on any atom is 0.248 e. The van der Waals surface area contributed by atoms with E-state index in [9.17, 15) is 8.42 Å². The number of methoxy groups -OCH3 is 1. The normalized spacial score (nSPS) is 22.8. The van der Waals surface area contributed by atoms with Gasteiger partial charge in [0.1, 0.15) is 10.6 Å². The zero-order chi connectivity index (χ0) is 23.6. The Balaban J connectivity index is 1.67. The van der Waals surface area contributed by atoms with Gasteiger partial charge in [-0.15, -0.1) is 0 Å². The molecule has 0 bridgehead atoms. The second-order valence-electron chi connectivity index (χ2n) is 9.09. The highest BCUT2D eigenvalue weighted by Gasteiger charge is 2.44. The summed E-state index contributed by atoms with van der Waals surface area (Å²) in [6.45, 7) is 8.13. The molecular formula is C25H34ClN3O3S. The molecule has 0 aliphatic carbocycles. The molecule has 2 fully saturated rings.